The average molecular weight is 362 g/mol. The van der Waals surface area contributed by atoms with Gasteiger partial charge in [-0.3, -0.25) is 9.36 Å². The summed E-state index contributed by atoms with van der Waals surface area (Å²) in [5.41, 5.74) is 0.454. The van der Waals surface area contributed by atoms with E-state index in [-0.39, 0.29) is 17.8 Å². The van der Waals surface area contributed by atoms with Crippen molar-refractivity contribution in [3.63, 3.8) is 0 Å². The van der Waals surface area contributed by atoms with Crippen molar-refractivity contribution < 1.29 is 9.18 Å². The number of carbonyl (C=O) groups is 1. The van der Waals surface area contributed by atoms with E-state index in [1.165, 1.54) is 17.8 Å². The first-order valence-electron chi connectivity index (χ1n) is 8.76. The maximum absolute atomic E-state index is 14.1. The van der Waals surface area contributed by atoms with Gasteiger partial charge in [0.1, 0.15) is 5.82 Å². The molecule has 1 aromatic carbocycles. The summed E-state index contributed by atoms with van der Waals surface area (Å²) in [6.45, 7) is 4.12. The first kappa shape index (κ1) is 17.9. The van der Waals surface area contributed by atoms with Gasteiger partial charge in [-0.2, -0.15) is 0 Å². The topological polar surface area (TPSA) is 59.8 Å². The van der Waals surface area contributed by atoms with Crippen LogP contribution in [-0.4, -0.2) is 32.5 Å². The highest BCUT2D eigenvalue weighted by Gasteiger charge is 2.31. The molecule has 7 heteroatoms. The minimum absolute atomic E-state index is 0.00325. The molecule has 3 rings (SSSR count). The number of aromatic nitrogens is 3. The van der Waals surface area contributed by atoms with Crippen molar-refractivity contribution in [2.45, 2.75) is 56.8 Å². The van der Waals surface area contributed by atoms with E-state index in [9.17, 15) is 9.18 Å². The van der Waals surface area contributed by atoms with Crippen molar-refractivity contribution in [3.05, 3.63) is 30.1 Å². The Morgan fingerprint density at radius 2 is 2.04 bits per heavy atom. The fraction of sp³-hybridized carbons (Fsp3) is 0.500. The molecule has 0 bridgehead atoms. The van der Waals surface area contributed by atoms with E-state index in [4.69, 9.17) is 0 Å². The summed E-state index contributed by atoms with van der Waals surface area (Å²) >= 11 is 1.36. The predicted molar refractivity (Wildman–Crippen MR) is 96.9 cm³/mol. The number of thioether (sulfide) groups is 1. The molecule has 1 heterocycles. The Bertz CT molecular complexity index is 740. The van der Waals surface area contributed by atoms with Gasteiger partial charge in [0.15, 0.2) is 11.0 Å². The zero-order chi connectivity index (χ0) is 17.8. The number of rotatable bonds is 8. The number of amides is 1. The second-order valence-electron chi connectivity index (χ2n) is 6.26. The lowest BCUT2D eigenvalue weighted by atomic mass is 10.2. The maximum Gasteiger partial charge on any atom is 0.230 e. The van der Waals surface area contributed by atoms with Crippen molar-refractivity contribution >= 4 is 17.7 Å². The van der Waals surface area contributed by atoms with Crippen LogP contribution in [-0.2, 0) is 4.79 Å². The summed E-state index contributed by atoms with van der Waals surface area (Å²) in [7, 11) is 0. The Balaban J connectivity index is 1.75. The largest absolute Gasteiger partial charge is 0.353 e. The number of hydrogen-bond acceptors (Lipinski definition) is 4. The van der Waals surface area contributed by atoms with Gasteiger partial charge in [0.2, 0.25) is 5.91 Å². The van der Waals surface area contributed by atoms with E-state index in [0.29, 0.717) is 28.3 Å². The van der Waals surface area contributed by atoms with E-state index in [1.807, 2.05) is 4.57 Å². The van der Waals surface area contributed by atoms with Crippen LogP contribution in [0.1, 0.15) is 45.6 Å². The molecule has 0 saturated heterocycles. The molecule has 0 atom stereocenters. The van der Waals surface area contributed by atoms with E-state index in [1.54, 1.807) is 18.2 Å². The van der Waals surface area contributed by atoms with E-state index in [0.717, 1.165) is 25.7 Å². The summed E-state index contributed by atoms with van der Waals surface area (Å²) in [5, 5.41) is 12.1. The van der Waals surface area contributed by atoms with E-state index >= 15 is 0 Å². The molecular weight excluding hydrogens is 339 g/mol. The average Bonchev–Trinajstić information content (AvgIpc) is 3.38. The van der Waals surface area contributed by atoms with Crippen LogP contribution in [0.25, 0.3) is 11.4 Å². The second-order valence-corrected chi connectivity index (χ2v) is 7.20. The van der Waals surface area contributed by atoms with Gasteiger partial charge >= 0.3 is 0 Å². The van der Waals surface area contributed by atoms with Crippen LogP contribution in [0.5, 0.6) is 0 Å². The van der Waals surface area contributed by atoms with Gasteiger partial charge in [0.05, 0.1) is 11.3 Å². The highest BCUT2D eigenvalue weighted by molar-refractivity contribution is 7.99. The van der Waals surface area contributed by atoms with Crippen molar-refractivity contribution in [2.75, 3.05) is 5.75 Å². The SMILES string of the molecule is CCC(CC)NC(=O)CSc1nnc(-c2ccccc2F)n1C1CC1. The van der Waals surface area contributed by atoms with E-state index in [2.05, 4.69) is 29.4 Å². The minimum Gasteiger partial charge on any atom is -0.353 e. The van der Waals surface area contributed by atoms with Gasteiger partial charge in [-0.25, -0.2) is 4.39 Å². The molecule has 0 spiro atoms. The fourth-order valence-corrected chi connectivity index (χ4v) is 3.57. The lowest BCUT2D eigenvalue weighted by Crippen LogP contribution is -2.35. The standard InChI is InChI=1S/C18H23FN4OS/c1-3-12(4-2)20-16(24)11-25-18-22-21-17(23(18)13-9-10-13)14-7-5-6-8-15(14)19/h5-8,12-13H,3-4,9-11H2,1-2H3,(H,20,24). The van der Waals surface area contributed by atoms with Crippen LogP contribution in [0.3, 0.4) is 0 Å². The summed E-state index contributed by atoms with van der Waals surface area (Å²) in [6, 6.07) is 7.11. The monoisotopic (exact) mass is 362 g/mol. The van der Waals surface area contributed by atoms with E-state index < -0.39 is 0 Å². The van der Waals surface area contributed by atoms with Crippen LogP contribution in [0.15, 0.2) is 29.4 Å². The Hall–Kier alpha value is -1.89. The molecular formula is C18H23FN4OS. The normalized spacial score (nSPS) is 14.1. The van der Waals surface area contributed by atoms with Crippen LogP contribution < -0.4 is 5.32 Å². The minimum atomic E-state index is -0.306. The number of benzene rings is 1. The van der Waals surface area contributed by atoms with Crippen molar-refractivity contribution in [3.8, 4) is 11.4 Å². The third-order valence-electron chi connectivity index (χ3n) is 4.37. The Morgan fingerprint density at radius 3 is 2.68 bits per heavy atom. The number of halogens is 1. The molecule has 134 valence electrons. The smallest absolute Gasteiger partial charge is 0.230 e. The summed E-state index contributed by atoms with van der Waals surface area (Å²) in [6.07, 6.45) is 3.91. The van der Waals surface area contributed by atoms with Gasteiger partial charge in [-0.15, -0.1) is 10.2 Å². The quantitative estimate of drug-likeness (QED) is 0.725. The molecule has 0 unspecified atom stereocenters. The van der Waals surface area contributed by atoms with Gasteiger partial charge in [-0.05, 0) is 37.8 Å². The van der Waals surface area contributed by atoms with Gasteiger partial charge in [0, 0.05) is 12.1 Å². The molecule has 1 fully saturated rings. The molecule has 0 aliphatic heterocycles. The van der Waals surface area contributed by atoms with Crippen LogP contribution in [0, 0.1) is 5.82 Å². The Kier molecular flexibility index (Phi) is 5.73. The fourth-order valence-electron chi connectivity index (χ4n) is 2.76. The number of nitrogens with one attached hydrogen (secondary N) is 1. The zero-order valence-corrected chi connectivity index (χ0v) is 15.4. The summed E-state index contributed by atoms with van der Waals surface area (Å²) in [5.74, 6) is 0.526. The summed E-state index contributed by atoms with van der Waals surface area (Å²) < 4.78 is 16.1. The van der Waals surface area contributed by atoms with Crippen LogP contribution in [0.4, 0.5) is 4.39 Å². The second kappa shape index (κ2) is 7.99. The molecule has 25 heavy (non-hydrogen) atoms. The summed E-state index contributed by atoms with van der Waals surface area (Å²) in [4.78, 5) is 12.1. The third-order valence-corrected chi connectivity index (χ3v) is 5.32. The lowest BCUT2D eigenvalue weighted by Gasteiger charge is -2.14. The highest BCUT2D eigenvalue weighted by atomic mass is 32.2. The molecule has 1 saturated carbocycles. The molecule has 1 aliphatic rings. The molecule has 1 amide bonds. The van der Waals surface area contributed by atoms with Crippen LogP contribution >= 0.6 is 11.8 Å². The molecule has 2 aromatic rings. The number of nitrogens with zero attached hydrogens (tertiary/aromatic N) is 3. The van der Waals surface area contributed by atoms with Gasteiger partial charge in [0.25, 0.3) is 0 Å². The number of hydrogen-bond donors (Lipinski definition) is 1. The first-order valence-corrected chi connectivity index (χ1v) is 9.74. The third kappa shape index (κ3) is 4.21. The predicted octanol–water partition coefficient (Wildman–Crippen LogP) is 3.82. The van der Waals surface area contributed by atoms with Crippen molar-refractivity contribution in [1.29, 1.82) is 0 Å². The molecule has 0 radical (unpaired) electrons. The lowest BCUT2D eigenvalue weighted by molar-refractivity contribution is -0.119. The molecule has 1 aliphatic carbocycles. The zero-order valence-electron chi connectivity index (χ0n) is 14.5. The highest BCUT2D eigenvalue weighted by Crippen LogP contribution is 2.41. The van der Waals surface area contributed by atoms with Crippen molar-refractivity contribution in [1.82, 2.24) is 20.1 Å². The first-order chi connectivity index (χ1) is 12.1. The molecule has 1 aromatic heterocycles. The van der Waals surface area contributed by atoms with Gasteiger partial charge in [-0.1, -0.05) is 37.7 Å². The Labute approximate surface area is 151 Å². The molecule has 5 nitrogen and oxygen atoms in total. The van der Waals surface area contributed by atoms with Crippen LogP contribution in [0.2, 0.25) is 0 Å². The number of carbonyl (C=O) groups excluding carboxylic acids is 1. The maximum atomic E-state index is 14.1. The van der Waals surface area contributed by atoms with Crippen molar-refractivity contribution in [2.24, 2.45) is 0 Å². The molecule has 1 N–H and O–H groups in total. The Morgan fingerprint density at radius 1 is 1.32 bits per heavy atom. The van der Waals surface area contributed by atoms with Gasteiger partial charge < -0.3 is 5.32 Å².